The largest absolute Gasteiger partial charge is 0.356 e. The Labute approximate surface area is 194 Å². The van der Waals surface area contributed by atoms with Gasteiger partial charge in [-0.15, -0.1) is 35.3 Å². The summed E-state index contributed by atoms with van der Waals surface area (Å²) in [7, 11) is 1.82. The number of hydrogen-bond donors (Lipinski definition) is 2. The van der Waals surface area contributed by atoms with Crippen LogP contribution in [0.5, 0.6) is 0 Å². The SMILES string of the molecule is CN=C(NCCc1nccn1Cc1ccccc1)NCC(C)Cc1cccs1.I. The number of aliphatic imine (C=N–C) groups is 1. The van der Waals surface area contributed by atoms with Gasteiger partial charge in [-0.05, 0) is 29.3 Å². The Balaban J connectivity index is 0.00000300. The number of halogens is 1. The van der Waals surface area contributed by atoms with Gasteiger partial charge in [0.1, 0.15) is 5.82 Å². The molecule has 1 unspecified atom stereocenters. The highest BCUT2D eigenvalue weighted by Gasteiger charge is 2.07. The highest BCUT2D eigenvalue weighted by molar-refractivity contribution is 14.0. The smallest absolute Gasteiger partial charge is 0.190 e. The first kappa shape index (κ1) is 23.4. The number of thiophene rings is 1. The van der Waals surface area contributed by atoms with Crippen LogP contribution in [0.4, 0.5) is 0 Å². The van der Waals surface area contributed by atoms with Gasteiger partial charge in [0, 0.05) is 50.4 Å². The average molecular weight is 523 g/mol. The highest BCUT2D eigenvalue weighted by atomic mass is 127. The molecule has 1 atom stereocenters. The topological polar surface area (TPSA) is 54.2 Å². The van der Waals surface area contributed by atoms with Crippen LogP contribution in [0.2, 0.25) is 0 Å². The summed E-state index contributed by atoms with van der Waals surface area (Å²) in [5.41, 5.74) is 1.28. The molecule has 0 saturated carbocycles. The summed E-state index contributed by atoms with van der Waals surface area (Å²) in [6, 6.07) is 14.8. The second-order valence-electron chi connectivity index (χ2n) is 6.98. The van der Waals surface area contributed by atoms with Crippen LogP contribution in [0.1, 0.15) is 23.2 Å². The van der Waals surface area contributed by atoms with Gasteiger partial charge in [-0.2, -0.15) is 0 Å². The third-order valence-electron chi connectivity index (χ3n) is 4.61. The summed E-state index contributed by atoms with van der Waals surface area (Å²) in [6.45, 7) is 4.81. The van der Waals surface area contributed by atoms with Crippen molar-refractivity contribution in [2.75, 3.05) is 20.1 Å². The zero-order chi connectivity index (χ0) is 19.6. The zero-order valence-electron chi connectivity index (χ0n) is 17.0. The predicted molar refractivity (Wildman–Crippen MR) is 133 cm³/mol. The van der Waals surface area contributed by atoms with Crippen molar-refractivity contribution in [2.24, 2.45) is 10.9 Å². The van der Waals surface area contributed by atoms with E-state index in [0.29, 0.717) is 5.92 Å². The summed E-state index contributed by atoms with van der Waals surface area (Å²) in [5.74, 6) is 2.49. The number of nitrogens with zero attached hydrogens (tertiary/aromatic N) is 3. The molecule has 2 N–H and O–H groups in total. The van der Waals surface area contributed by atoms with Crippen LogP contribution in [0.3, 0.4) is 0 Å². The van der Waals surface area contributed by atoms with E-state index in [1.54, 1.807) is 0 Å². The Morgan fingerprint density at radius 1 is 1.17 bits per heavy atom. The fourth-order valence-corrected chi connectivity index (χ4v) is 3.99. The lowest BCUT2D eigenvalue weighted by atomic mass is 10.1. The van der Waals surface area contributed by atoms with Gasteiger partial charge < -0.3 is 15.2 Å². The maximum atomic E-state index is 4.51. The van der Waals surface area contributed by atoms with Gasteiger partial charge in [0.2, 0.25) is 0 Å². The molecule has 0 spiro atoms. The van der Waals surface area contributed by atoms with E-state index in [4.69, 9.17) is 0 Å². The molecule has 0 fully saturated rings. The number of imidazole rings is 1. The molecule has 3 rings (SSSR count). The monoisotopic (exact) mass is 523 g/mol. The minimum atomic E-state index is 0. The molecule has 0 aliphatic rings. The maximum Gasteiger partial charge on any atom is 0.190 e. The van der Waals surface area contributed by atoms with Crippen molar-refractivity contribution >= 4 is 41.3 Å². The van der Waals surface area contributed by atoms with Crippen LogP contribution >= 0.6 is 35.3 Å². The Hall–Kier alpha value is -1.87. The van der Waals surface area contributed by atoms with Crippen LogP contribution in [0.25, 0.3) is 0 Å². The number of nitrogens with one attached hydrogen (secondary N) is 2. The fraction of sp³-hybridized carbons (Fsp3) is 0.364. The number of benzene rings is 1. The van der Waals surface area contributed by atoms with E-state index in [1.807, 2.05) is 36.8 Å². The first-order valence-corrected chi connectivity index (χ1v) is 10.6. The van der Waals surface area contributed by atoms with Crippen LogP contribution < -0.4 is 10.6 Å². The summed E-state index contributed by atoms with van der Waals surface area (Å²) < 4.78 is 2.20. The van der Waals surface area contributed by atoms with Gasteiger partial charge in [-0.1, -0.05) is 43.3 Å². The summed E-state index contributed by atoms with van der Waals surface area (Å²) in [4.78, 5) is 10.3. The molecule has 2 aromatic heterocycles. The molecule has 7 heteroatoms. The molecule has 5 nitrogen and oxygen atoms in total. The van der Waals surface area contributed by atoms with E-state index < -0.39 is 0 Å². The lowest BCUT2D eigenvalue weighted by Crippen LogP contribution is -2.40. The predicted octanol–water partition coefficient (Wildman–Crippen LogP) is 4.20. The van der Waals surface area contributed by atoms with Crippen molar-refractivity contribution in [2.45, 2.75) is 26.3 Å². The van der Waals surface area contributed by atoms with Gasteiger partial charge in [0.15, 0.2) is 5.96 Å². The minimum Gasteiger partial charge on any atom is -0.356 e. The number of guanidine groups is 1. The first-order valence-electron chi connectivity index (χ1n) is 9.75. The molecule has 1 aromatic carbocycles. The maximum absolute atomic E-state index is 4.51. The lowest BCUT2D eigenvalue weighted by molar-refractivity contribution is 0.561. The van der Waals surface area contributed by atoms with Crippen LogP contribution in [0, 0.1) is 5.92 Å². The third kappa shape index (κ3) is 7.81. The quantitative estimate of drug-likeness (QED) is 0.251. The van der Waals surface area contributed by atoms with Gasteiger partial charge in [-0.3, -0.25) is 4.99 Å². The Morgan fingerprint density at radius 3 is 2.72 bits per heavy atom. The first-order chi connectivity index (χ1) is 13.7. The molecule has 0 saturated heterocycles. The van der Waals surface area contributed by atoms with Crippen LogP contribution in [-0.2, 0) is 19.4 Å². The van der Waals surface area contributed by atoms with Gasteiger partial charge in [0.05, 0.1) is 0 Å². The van der Waals surface area contributed by atoms with E-state index >= 15 is 0 Å². The van der Waals surface area contributed by atoms with E-state index in [9.17, 15) is 0 Å². The van der Waals surface area contributed by atoms with Crippen molar-refractivity contribution in [3.05, 3.63) is 76.5 Å². The van der Waals surface area contributed by atoms with Crippen molar-refractivity contribution in [1.29, 1.82) is 0 Å². The summed E-state index contributed by atoms with van der Waals surface area (Å²) in [5, 5.41) is 8.97. The van der Waals surface area contributed by atoms with E-state index in [2.05, 4.69) is 73.9 Å². The molecule has 0 aliphatic heterocycles. The summed E-state index contributed by atoms with van der Waals surface area (Å²) >= 11 is 1.82. The van der Waals surface area contributed by atoms with Crippen LogP contribution in [0.15, 0.2) is 65.2 Å². The number of rotatable bonds is 9. The Bertz CT molecular complexity index is 845. The lowest BCUT2D eigenvalue weighted by Gasteiger charge is -2.16. The molecular weight excluding hydrogens is 493 g/mol. The molecule has 0 aliphatic carbocycles. The Morgan fingerprint density at radius 2 is 2.00 bits per heavy atom. The second kappa shape index (κ2) is 12.6. The zero-order valence-corrected chi connectivity index (χ0v) is 20.2. The highest BCUT2D eigenvalue weighted by Crippen LogP contribution is 2.13. The van der Waals surface area contributed by atoms with Crippen molar-refractivity contribution < 1.29 is 0 Å². The van der Waals surface area contributed by atoms with Gasteiger partial charge in [0.25, 0.3) is 0 Å². The molecule has 0 amide bonds. The van der Waals surface area contributed by atoms with Crippen molar-refractivity contribution in [1.82, 2.24) is 20.2 Å². The normalized spacial score (nSPS) is 12.3. The van der Waals surface area contributed by atoms with Gasteiger partial charge >= 0.3 is 0 Å². The van der Waals surface area contributed by atoms with Gasteiger partial charge in [-0.25, -0.2) is 4.98 Å². The minimum absolute atomic E-state index is 0. The molecule has 3 aromatic rings. The van der Waals surface area contributed by atoms with E-state index in [-0.39, 0.29) is 24.0 Å². The molecule has 29 heavy (non-hydrogen) atoms. The Kier molecular flexibility index (Phi) is 10.2. The molecule has 2 heterocycles. The fourth-order valence-electron chi connectivity index (χ4n) is 3.12. The standard InChI is InChI=1S/C22H29N5S.HI/c1-18(15-20-9-6-14-28-20)16-26-22(23-2)25-11-10-21-24-12-13-27(21)17-19-7-4-3-5-8-19;/h3-9,12-14,18H,10-11,15-17H2,1-2H3,(H2,23,25,26);1H. The molecule has 0 radical (unpaired) electrons. The third-order valence-corrected chi connectivity index (χ3v) is 5.51. The number of aromatic nitrogens is 2. The summed E-state index contributed by atoms with van der Waals surface area (Å²) in [6.07, 6.45) is 5.86. The van der Waals surface area contributed by atoms with Crippen molar-refractivity contribution in [3.63, 3.8) is 0 Å². The van der Waals surface area contributed by atoms with Crippen molar-refractivity contribution in [3.8, 4) is 0 Å². The van der Waals surface area contributed by atoms with E-state index in [0.717, 1.165) is 44.3 Å². The second-order valence-corrected chi connectivity index (χ2v) is 8.01. The molecule has 0 bridgehead atoms. The van der Waals surface area contributed by atoms with Crippen LogP contribution in [-0.4, -0.2) is 35.6 Å². The molecular formula is C22H30IN5S. The van der Waals surface area contributed by atoms with E-state index in [1.165, 1.54) is 10.4 Å². The average Bonchev–Trinajstić information content (AvgIpc) is 3.37. The molecule has 156 valence electrons. The number of hydrogen-bond acceptors (Lipinski definition) is 3.